The molecule has 0 aliphatic carbocycles. The molecule has 0 bridgehead atoms. The van der Waals surface area contributed by atoms with Crippen LogP contribution in [0.5, 0.6) is 17.2 Å². The summed E-state index contributed by atoms with van der Waals surface area (Å²) >= 11 is 0. The molecule has 0 N–H and O–H groups in total. The molecule has 1 heterocycles. The standard InChI is InChI=1S/C34H27N3O6/c1-25-15-17-26(18-16-25)32-24-27(35-37(32)28-19-21-29(40-2)22-20-28)10-9-23-36(33(38)41-30-11-5-3-6-12-30)43-34(39)42-31-13-7-4-8-14-31/h3-8,11-22,24H,23H2,1-2H3. The number of methoxy groups -OCH3 is 1. The van der Waals surface area contributed by atoms with Crippen molar-refractivity contribution in [2.45, 2.75) is 6.92 Å². The van der Waals surface area contributed by atoms with Gasteiger partial charge in [0.1, 0.15) is 29.5 Å². The number of hydrogen-bond acceptors (Lipinski definition) is 7. The lowest BCUT2D eigenvalue weighted by Gasteiger charge is -2.17. The van der Waals surface area contributed by atoms with Crippen LogP contribution in [0.1, 0.15) is 11.3 Å². The first-order chi connectivity index (χ1) is 21.0. The SMILES string of the molecule is COc1ccc(-n2nc(C#CCN(OC(=O)Oc3ccccc3)C(=O)Oc3ccccc3)cc2-c2ccc(C)cc2)cc1. The maximum absolute atomic E-state index is 12.9. The molecule has 1 aromatic heterocycles. The molecule has 0 unspecified atom stereocenters. The lowest BCUT2D eigenvalue weighted by atomic mass is 10.1. The van der Waals surface area contributed by atoms with Gasteiger partial charge in [0.15, 0.2) is 0 Å². The highest BCUT2D eigenvalue weighted by molar-refractivity contribution is 5.73. The Morgan fingerprint density at radius 2 is 1.42 bits per heavy atom. The quantitative estimate of drug-likeness (QED) is 0.0951. The summed E-state index contributed by atoms with van der Waals surface area (Å²) in [5, 5.41) is 5.38. The van der Waals surface area contributed by atoms with Crippen LogP contribution >= 0.6 is 0 Å². The molecule has 0 saturated carbocycles. The molecule has 0 saturated heterocycles. The van der Waals surface area contributed by atoms with Gasteiger partial charge < -0.3 is 14.2 Å². The van der Waals surface area contributed by atoms with E-state index in [0.29, 0.717) is 10.8 Å². The topological polar surface area (TPSA) is 92.1 Å². The molecule has 0 radical (unpaired) electrons. The van der Waals surface area contributed by atoms with E-state index in [9.17, 15) is 9.59 Å². The number of ether oxygens (including phenoxy) is 3. The lowest BCUT2D eigenvalue weighted by Crippen LogP contribution is -2.37. The molecule has 4 aromatic carbocycles. The van der Waals surface area contributed by atoms with E-state index >= 15 is 0 Å². The van der Waals surface area contributed by atoms with Gasteiger partial charge in [-0.3, -0.25) is 4.84 Å². The Labute approximate surface area is 248 Å². The predicted molar refractivity (Wildman–Crippen MR) is 160 cm³/mol. The smallest absolute Gasteiger partial charge is 0.497 e. The van der Waals surface area contributed by atoms with Crippen LogP contribution in [0.25, 0.3) is 16.9 Å². The summed E-state index contributed by atoms with van der Waals surface area (Å²) < 4.78 is 17.6. The highest BCUT2D eigenvalue weighted by Gasteiger charge is 2.22. The number of benzene rings is 4. The van der Waals surface area contributed by atoms with E-state index in [4.69, 9.17) is 24.1 Å². The number of aromatic nitrogens is 2. The van der Waals surface area contributed by atoms with Gasteiger partial charge in [-0.15, -0.1) is 5.06 Å². The van der Waals surface area contributed by atoms with Gasteiger partial charge in [-0.25, -0.2) is 14.3 Å². The fraction of sp³-hybridized carbons (Fsp3) is 0.0882. The maximum atomic E-state index is 12.9. The predicted octanol–water partition coefficient (Wildman–Crippen LogP) is 6.84. The van der Waals surface area contributed by atoms with Crippen LogP contribution in [0.4, 0.5) is 9.59 Å². The second-order valence-corrected chi connectivity index (χ2v) is 9.17. The van der Waals surface area contributed by atoms with E-state index < -0.39 is 12.2 Å². The van der Waals surface area contributed by atoms with E-state index in [1.165, 1.54) is 0 Å². The first kappa shape index (κ1) is 28.5. The third kappa shape index (κ3) is 7.60. The van der Waals surface area contributed by atoms with Gasteiger partial charge in [-0.2, -0.15) is 5.10 Å². The van der Waals surface area contributed by atoms with Crippen molar-refractivity contribution in [3.63, 3.8) is 0 Å². The minimum atomic E-state index is -1.12. The molecular formula is C34H27N3O6. The van der Waals surface area contributed by atoms with Crippen molar-refractivity contribution in [3.05, 3.63) is 127 Å². The van der Waals surface area contributed by atoms with E-state index in [0.717, 1.165) is 28.3 Å². The Morgan fingerprint density at radius 3 is 2.05 bits per heavy atom. The number of amides is 1. The number of carbonyl (C=O) groups is 2. The Hall–Kier alpha value is -6.01. The Bertz CT molecular complexity index is 1740. The monoisotopic (exact) mass is 573 g/mol. The molecule has 5 rings (SSSR count). The molecule has 5 aromatic rings. The molecule has 1 amide bonds. The molecule has 0 aliphatic heterocycles. The minimum Gasteiger partial charge on any atom is -0.497 e. The first-order valence-corrected chi connectivity index (χ1v) is 13.3. The van der Waals surface area contributed by atoms with Gasteiger partial charge in [-0.1, -0.05) is 72.1 Å². The molecule has 9 heteroatoms. The summed E-state index contributed by atoms with van der Waals surface area (Å²) in [4.78, 5) is 30.6. The zero-order valence-electron chi connectivity index (χ0n) is 23.5. The molecule has 9 nitrogen and oxygen atoms in total. The van der Waals surface area contributed by atoms with Crippen LogP contribution in [-0.4, -0.2) is 40.7 Å². The molecule has 0 aliphatic rings. The van der Waals surface area contributed by atoms with Gasteiger partial charge in [0.05, 0.1) is 18.5 Å². The fourth-order valence-corrected chi connectivity index (χ4v) is 3.96. The van der Waals surface area contributed by atoms with Gasteiger partial charge in [-0.05, 0) is 61.4 Å². The summed E-state index contributed by atoms with van der Waals surface area (Å²) in [5.74, 6) is 7.06. The van der Waals surface area contributed by atoms with Crippen molar-refractivity contribution < 1.29 is 28.6 Å². The number of para-hydroxylation sites is 2. The van der Waals surface area contributed by atoms with Crippen LogP contribution in [0.3, 0.4) is 0 Å². The van der Waals surface area contributed by atoms with Gasteiger partial charge in [0.2, 0.25) is 0 Å². The van der Waals surface area contributed by atoms with Crippen molar-refractivity contribution in [1.29, 1.82) is 0 Å². The van der Waals surface area contributed by atoms with Crippen molar-refractivity contribution in [1.82, 2.24) is 14.8 Å². The van der Waals surface area contributed by atoms with Crippen LogP contribution in [0, 0.1) is 18.8 Å². The van der Waals surface area contributed by atoms with E-state index in [2.05, 4.69) is 11.8 Å². The van der Waals surface area contributed by atoms with E-state index in [1.807, 2.05) is 61.5 Å². The lowest BCUT2D eigenvalue weighted by molar-refractivity contribution is -0.0807. The number of carbonyl (C=O) groups excluding carboxylic acids is 2. The summed E-state index contributed by atoms with van der Waals surface area (Å²) in [6.45, 7) is 1.71. The van der Waals surface area contributed by atoms with Crippen molar-refractivity contribution >= 4 is 12.2 Å². The van der Waals surface area contributed by atoms with Gasteiger partial charge in [0.25, 0.3) is 0 Å². The molecule has 214 valence electrons. The van der Waals surface area contributed by atoms with Gasteiger partial charge >= 0.3 is 12.2 Å². The highest BCUT2D eigenvalue weighted by atomic mass is 16.8. The second-order valence-electron chi connectivity index (χ2n) is 9.17. The third-order valence-corrected chi connectivity index (χ3v) is 6.09. The van der Waals surface area contributed by atoms with Crippen LogP contribution < -0.4 is 14.2 Å². The summed E-state index contributed by atoms with van der Waals surface area (Å²) in [5.41, 5.74) is 4.14. The average molecular weight is 574 g/mol. The van der Waals surface area contributed by atoms with E-state index in [-0.39, 0.29) is 18.0 Å². The van der Waals surface area contributed by atoms with Crippen molar-refractivity contribution in [2.75, 3.05) is 13.7 Å². The number of rotatable bonds is 6. The molecule has 0 fully saturated rings. The van der Waals surface area contributed by atoms with Crippen molar-refractivity contribution in [3.8, 4) is 46.0 Å². The molecule has 43 heavy (non-hydrogen) atoms. The normalized spacial score (nSPS) is 10.2. The highest BCUT2D eigenvalue weighted by Crippen LogP contribution is 2.25. The zero-order valence-corrected chi connectivity index (χ0v) is 23.5. The number of nitrogens with zero attached hydrogens (tertiary/aromatic N) is 3. The molecular weight excluding hydrogens is 546 g/mol. The molecule has 0 spiro atoms. The Kier molecular flexibility index (Phi) is 9.00. The summed E-state index contributed by atoms with van der Waals surface area (Å²) in [6, 6.07) is 34.1. The first-order valence-electron chi connectivity index (χ1n) is 13.3. The average Bonchev–Trinajstić information content (AvgIpc) is 3.46. The number of hydroxylamine groups is 2. The Balaban J connectivity index is 1.40. The maximum Gasteiger partial charge on any atom is 0.539 e. The van der Waals surface area contributed by atoms with Crippen LogP contribution in [0.15, 0.2) is 115 Å². The zero-order chi connectivity index (χ0) is 30.0. The second kappa shape index (κ2) is 13.6. The van der Waals surface area contributed by atoms with Crippen LogP contribution in [0.2, 0.25) is 0 Å². The number of aryl methyl sites for hydroxylation is 1. The number of hydrogen-bond donors (Lipinski definition) is 0. The largest absolute Gasteiger partial charge is 0.539 e. The molecule has 0 atom stereocenters. The summed E-state index contributed by atoms with van der Waals surface area (Å²) in [7, 11) is 1.61. The Morgan fingerprint density at radius 1 is 0.791 bits per heavy atom. The third-order valence-electron chi connectivity index (χ3n) is 6.09. The summed E-state index contributed by atoms with van der Waals surface area (Å²) in [6.07, 6.45) is -2.07. The van der Waals surface area contributed by atoms with Crippen molar-refractivity contribution in [2.24, 2.45) is 0 Å². The van der Waals surface area contributed by atoms with E-state index in [1.54, 1.807) is 72.5 Å². The van der Waals surface area contributed by atoms with Gasteiger partial charge in [0, 0.05) is 11.6 Å². The minimum absolute atomic E-state index is 0.252. The fourth-order valence-electron chi connectivity index (χ4n) is 3.96. The van der Waals surface area contributed by atoms with Crippen LogP contribution in [-0.2, 0) is 4.84 Å².